The minimum atomic E-state index is -0.510. The molecule has 0 amide bonds. The van der Waals surface area contributed by atoms with Crippen LogP contribution in [-0.2, 0) is 4.79 Å². The van der Waals surface area contributed by atoms with E-state index in [0.717, 1.165) is 0 Å². The predicted molar refractivity (Wildman–Crippen MR) is 71.2 cm³/mol. The van der Waals surface area contributed by atoms with Crippen molar-refractivity contribution < 1.29 is 14.6 Å². The Hall–Kier alpha value is -0.780. The standard InChI is InChI=1S/C12H15IO3/c1-4-12(3,13)11(15)16-9-5-6-10(14)8(2)7-9/h5-7,14H,4H2,1-3H3. The average Bonchev–Trinajstić information content (AvgIpc) is 2.23. The molecule has 1 rings (SSSR count). The Morgan fingerprint density at radius 2 is 2.19 bits per heavy atom. The highest BCUT2D eigenvalue weighted by Crippen LogP contribution is 2.27. The lowest BCUT2D eigenvalue weighted by Gasteiger charge is -2.18. The van der Waals surface area contributed by atoms with Crippen molar-refractivity contribution in [3.8, 4) is 11.5 Å². The van der Waals surface area contributed by atoms with E-state index in [1.165, 1.54) is 6.07 Å². The lowest BCUT2D eigenvalue weighted by molar-refractivity contribution is -0.136. The van der Waals surface area contributed by atoms with Crippen molar-refractivity contribution >= 4 is 28.6 Å². The highest BCUT2D eigenvalue weighted by molar-refractivity contribution is 14.1. The average molecular weight is 334 g/mol. The maximum Gasteiger partial charge on any atom is 0.327 e. The summed E-state index contributed by atoms with van der Waals surface area (Å²) < 4.78 is 4.74. The zero-order valence-electron chi connectivity index (χ0n) is 9.58. The van der Waals surface area contributed by atoms with E-state index in [-0.39, 0.29) is 11.7 Å². The second kappa shape index (κ2) is 5.03. The summed E-state index contributed by atoms with van der Waals surface area (Å²) in [6, 6.07) is 4.76. The number of phenols is 1. The molecular weight excluding hydrogens is 319 g/mol. The molecule has 0 aliphatic rings. The van der Waals surface area contributed by atoms with E-state index < -0.39 is 3.42 Å². The summed E-state index contributed by atoms with van der Waals surface area (Å²) in [5.41, 5.74) is 0.692. The Kier molecular flexibility index (Phi) is 4.18. The summed E-state index contributed by atoms with van der Waals surface area (Å²) in [6.07, 6.45) is 0.712. The lowest BCUT2D eigenvalue weighted by atomic mass is 10.1. The molecule has 0 saturated heterocycles. The third-order valence-electron chi connectivity index (χ3n) is 2.47. The topological polar surface area (TPSA) is 46.5 Å². The molecule has 0 bridgehead atoms. The van der Waals surface area contributed by atoms with Crippen LogP contribution in [0.4, 0.5) is 0 Å². The van der Waals surface area contributed by atoms with Crippen molar-refractivity contribution in [1.82, 2.24) is 0 Å². The summed E-state index contributed by atoms with van der Waals surface area (Å²) in [5.74, 6) is 0.407. The zero-order valence-corrected chi connectivity index (χ0v) is 11.7. The number of aromatic hydroxyl groups is 1. The van der Waals surface area contributed by atoms with Crippen LogP contribution in [0, 0.1) is 6.92 Å². The van der Waals surface area contributed by atoms with Crippen molar-refractivity contribution in [3.05, 3.63) is 23.8 Å². The first-order valence-corrected chi connectivity index (χ1v) is 6.15. The van der Waals surface area contributed by atoms with Crippen LogP contribution in [0.2, 0.25) is 0 Å². The summed E-state index contributed by atoms with van der Waals surface area (Å²) >= 11 is 2.08. The van der Waals surface area contributed by atoms with Gasteiger partial charge in [-0.05, 0) is 44.0 Å². The summed E-state index contributed by atoms with van der Waals surface area (Å²) in [4.78, 5) is 11.8. The number of phenolic OH excluding ortho intramolecular Hbond substituents is 1. The van der Waals surface area contributed by atoms with Gasteiger partial charge >= 0.3 is 5.97 Å². The van der Waals surface area contributed by atoms with Crippen LogP contribution in [0.1, 0.15) is 25.8 Å². The quantitative estimate of drug-likeness (QED) is 0.400. The van der Waals surface area contributed by atoms with Crippen LogP contribution >= 0.6 is 22.6 Å². The van der Waals surface area contributed by atoms with Gasteiger partial charge in [-0.3, -0.25) is 4.79 Å². The molecule has 88 valence electrons. The second-order valence-corrected chi connectivity index (χ2v) is 6.27. The van der Waals surface area contributed by atoms with E-state index in [1.54, 1.807) is 19.1 Å². The summed E-state index contributed by atoms with van der Waals surface area (Å²) in [5, 5.41) is 9.34. The summed E-state index contributed by atoms with van der Waals surface area (Å²) in [7, 11) is 0. The Labute approximate surface area is 109 Å². The number of carbonyl (C=O) groups excluding carboxylic acids is 1. The molecule has 16 heavy (non-hydrogen) atoms. The minimum Gasteiger partial charge on any atom is -0.508 e. The molecule has 3 nitrogen and oxygen atoms in total. The maximum absolute atomic E-state index is 11.8. The first kappa shape index (κ1) is 13.3. The van der Waals surface area contributed by atoms with Crippen LogP contribution in [0.5, 0.6) is 11.5 Å². The molecule has 0 aromatic heterocycles. The number of rotatable bonds is 3. The fourth-order valence-electron chi connectivity index (χ4n) is 1.05. The SMILES string of the molecule is CCC(C)(I)C(=O)Oc1ccc(O)c(C)c1. The number of alkyl halides is 1. The second-order valence-electron chi connectivity index (χ2n) is 3.89. The summed E-state index contributed by atoms with van der Waals surface area (Å²) in [6.45, 7) is 5.54. The van der Waals surface area contributed by atoms with Gasteiger partial charge < -0.3 is 9.84 Å². The van der Waals surface area contributed by atoms with Gasteiger partial charge in [-0.1, -0.05) is 29.5 Å². The van der Waals surface area contributed by atoms with Crippen molar-refractivity contribution in [1.29, 1.82) is 0 Å². The Morgan fingerprint density at radius 1 is 1.56 bits per heavy atom. The molecule has 0 radical (unpaired) electrons. The minimum absolute atomic E-state index is 0.201. The highest BCUT2D eigenvalue weighted by atomic mass is 127. The monoisotopic (exact) mass is 334 g/mol. The Balaban J connectivity index is 2.82. The van der Waals surface area contributed by atoms with E-state index in [4.69, 9.17) is 4.74 Å². The third kappa shape index (κ3) is 3.10. The van der Waals surface area contributed by atoms with Gasteiger partial charge in [0.2, 0.25) is 0 Å². The van der Waals surface area contributed by atoms with Crippen molar-refractivity contribution in [3.63, 3.8) is 0 Å². The number of hydrogen-bond acceptors (Lipinski definition) is 3. The van der Waals surface area contributed by atoms with Gasteiger partial charge in [0.1, 0.15) is 14.9 Å². The molecule has 1 N–H and O–H groups in total. The largest absolute Gasteiger partial charge is 0.508 e. The molecule has 4 heteroatoms. The number of aryl methyl sites for hydroxylation is 1. The first-order valence-electron chi connectivity index (χ1n) is 5.07. The van der Waals surface area contributed by atoms with Gasteiger partial charge in [0, 0.05) is 0 Å². The van der Waals surface area contributed by atoms with Crippen LogP contribution in [0.25, 0.3) is 0 Å². The number of halogens is 1. The normalized spacial score (nSPS) is 14.2. The lowest BCUT2D eigenvalue weighted by Crippen LogP contribution is -2.31. The van der Waals surface area contributed by atoms with Gasteiger partial charge in [0.25, 0.3) is 0 Å². The van der Waals surface area contributed by atoms with Gasteiger partial charge in [0.05, 0.1) is 0 Å². The number of carbonyl (C=O) groups is 1. The number of benzene rings is 1. The Morgan fingerprint density at radius 3 is 2.69 bits per heavy atom. The van der Waals surface area contributed by atoms with Gasteiger partial charge in [-0.15, -0.1) is 0 Å². The van der Waals surface area contributed by atoms with Crippen molar-refractivity contribution in [2.45, 2.75) is 30.6 Å². The molecule has 1 unspecified atom stereocenters. The van der Waals surface area contributed by atoms with Gasteiger partial charge in [-0.25, -0.2) is 0 Å². The van der Waals surface area contributed by atoms with Crippen molar-refractivity contribution in [2.24, 2.45) is 0 Å². The predicted octanol–water partition coefficient (Wildman–Crippen LogP) is 3.21. The molecule has 0 heterocycles. The van der Waals surface area contributed by atoms with Gasteiger partial charge in [0.15, 0.2) is 0 Å². The molecular formula is C12H15IO3. The number of hydrogen-bond donors (Lipinski definition) is 1. The molecule has 1 aromatic carbocycles. The van der Waals surface area contributed by atoms with E-state index in [1.807, 2.05) is 13.8 Å². The van der Waals surface area contributed by atoms with Crippen LogP contribution in [0.3, 0.4) is 0 Å². The Bertz CT molecular complexity index is 399. The number of ether oxygens (including phenoxy) is 1. The first-order chi connectivity index (χ1) is 7.36. The van der Waals surface area contributed by atoms with Crippen LogP contribution < -0.4 is 4.74 Å². The van der Waals surface area contributed by atoms with Crippen LogP contribution in [0.15, 0.2) is 18.2 Å². The highest BCUT2D eigenvalue weighted by Gasteiger charge is 2.29. The van der Waals surface area contributed by atoms with E-state index in [2.05, 4.69) is 22.6 Å². The maximum atomic E-state index is 11.8. The smallest absolute Gasteiger partial charge is 0.327 e. The molecule has 0 saturated carbocycles. The number of esters is 1. The third-order valence-corrected chi connectivity index (χ3v) is 3.67. The molecule has 1 aromatic rings. The van der Waals surface area contributed by atoms with E-state index in [9.17, 15) is 9.90 Å². The van der Waals surface area contributed by atoms with Crippen LogP contribution in [-0.4, -0.2) is 14.5 Å². The van der Waals surface area contributed by atoms with Crippen molar-refractivity contribution in [2.75, 3.05) is 0 Å². The molecule has 0 aliphatic carbocycles. The molecule has 1 atom stereocenters. The van der Waals surface area contributed by atoms with Gasteiger partial charge in [-0.2, -0.15) is 0 Å². The fourth-order valence-corrected chi connectivity index (χ4v) is 1.16. The molecule has 0 spiro atoms. The fraction of sp³-hybridized carbons (Fsp3) is 0.417. The molecule has 0 fully saturated rings. The van der Waals surface area contributed by atoms with E-state index in [0.29, 0.717) is 17.7 Å². The van der Waals surface area contributed by atoms with E-state index >= 15 is 0 Å². The zero-order chi connectivity index (χ0) is 12.3. The molecule has 0 aliphatic heterocycles.